The van der Waals surface area contributed by atoms with Crippen LogP contribution in [0.25, 0.3) is 0 Å². The molecule has 1 aliphatic carbocycles. The van der Waals surface area contributed by atoms with Crippen LogP contribution in [0.1, 0.15) is 45.1 Å². The number of nitrogens with one attached hydrogen (secondary N) is 2. The van der Waals surface area contributed by atoms with Crippen LogP contribution >= 0.6 is 0 Å². The fraction of sp³-hybridized carbons (Fsp3) is 0.588. The molecule has 0 atom stereocenters. The van der Waals surface area contributed by atoms with E-state index in [2.05, 4.69) is 24.5 Å². The highest BCUT2D eigenvalue weighted by Crippen LogP contribution is 2.34. The molecule has 0 aromatic heterocycles. The van der Waals surface area contributed by atoms with E-state index < -0.39 is 0 Å². The number of carbonyl (C=O) groups excluding carboxylic acids is 1. The third-order valence-electron chi connectivity index (χ3n) is 4.19. The molecule has 0 heterocycles. The maximum Gasteiger partial charge on any atom is 0.238 e. The normalized spacial score (nSPS) is 18.8. The van der Waals surface area contributed by atoms with E-state index in [1.807, 2.05) is 31.2 Å². The van der Waals surface area contributed by atoms with E-state index in [0.717, 1.165) is 11.3 Å². The van der Waals surface area contributed by atoms with Crippen molar-refractivity contribution in [3.63, 3.8) is 0 Å². The van der Waals surface area contributed by atoms with Gasteiger partial charge in [-0.15, -0.1) is 0 Å². The van der Waals surface area contributed by atoms with Crippen molar-refractivity contribution in [2.75, 3.05) is 11.9 Å². The van der Waals surface area contributed by atoms with Crippen LogP contribution in [0.4, 0.5) is 5.69 Å². The van der Waals surface area contributed by atoms with Gasteiger partial charge in [-0.25, -0.2) is 0 Å². The third-order valence-corrected chi connectivity index (χ3v) is 4.19. The molecule has 20 heavy (non-hydrogen) atoms. The Morgan fingerprint density at radius 1 is 1.30 bits per heavy atom. The zero-order chi connectivity index (χ0) is 14.6. The molecule has 110 valence electrons. The van der Waals surface area contributed by atoms with Crippen molar-refractivity contribution in [3.8, 4) is 0 Å². The van der Waals surface area contributed by atoms with Gasteiger partial charge in [-0.3, -0.25) is 4.79 Å². The van der Waals surface area contributed by atoms with Crippen LogP contribution in [0.15, 0.2) is 24.3 Å². The van der Waals surface area contributed by atoms with Gasteiger partial charge in [-0.1, -0.05) is 26.0 Å². The second kappa shape index (κ2) is 6.40. The molecule has 1 saturated carbocycles. The van der Waals surface area contributed by atoms with E-state index in [1.54, 1.807) is 0 Å². The molecular weight excluding hydrogens is 248 g/mol. The maximum atomic E-state index is 11.9. The van der Waals surface area contributed by atoms with Crippen molar-refractivity contribution in [1.82, 2.24) is 5.32 Å². The largest absolute Gasteiger partial charge is 0.325 e. The number of benzene rings is 1. The van der Waals surface area contributed by atoms with Crippen LogP contribution < -0.4 is 10.6 Å². The predicted molar refractivity (Wildman–Crippen MR) is 83.8 cm³/mol. The lowest BCUT2D eigenvalue weighted by Crippen LogP contribution is -2.39. The van der Waals surface area contributed by atoms with Gasteiger partial charge < -0.3 is 10.6 Å². The Morgan fingerprint density at radius 2 is 2.00 bits per heavy atom. The first-order chi connectivity index (χ1) is 9.44. The fourth-order valence-corrected chi connectivity index (χ4v) is 2.77. The van der Waals surface area contributed by atoms with Crippen LogP contribution in [0.5, 0.6) is 0 Å². The third kappa shape index (κ3) is 4.64. The number of anilines is 1. The van der Waals surface area contributed by atoms with Crippen molar-refractivity contribution < 1.29 is 4.79 Å². The molecule has 0 bridgehead atoms. The number of amides is 1. The molecule has 1 aliphatic rings. The molecule has 1 fully saturated rings. The summed E-state index contributed by atoms with van der Waals surface area (Å²) in [6, 6.07) is 8.39. The summed E-state index contributed by atoms with van der Waals surface area (Å²) in [7, 11) is 0. The summed E-state index contributed by atoms with van der Waals surface area (Å²) in [6.45, 7) is 7.08. The number of hydrogen-bond acceptors (Lipinski definition) is 2. The first-order valence-corrected chi connectivity index (χ1v) is 7.54. The highest BCUT2D eigenvalue weighted by molar-refractivity contribution is 5.92. The van der Waals surface area contributed by atoms with Crippen molar-refractivity contribution in [2.24, 2.45) is 5.41 Å². The fourth-order valence-electron chi connectivity index (χ4n) is 2.77. The maximum absolute atomic E-state index is 11.9. The zero-order valence-corrected chi connectivity index (χ0v) is 12.8. The number of hydrogen-bond donors (Lipinski definition) is 2. The van der Waals surface area contributed by atoms with Crippen LogP contribution in [0.3, 0.4) is 0 Å². The van der Waals surface area contributed by atoms with Crippen LogP contribution in [-0.4, -0.2) is 18.5 Å². The molecule has 0 saturated heterocycles. The molecule has 0 radical (unpaired) electrons. The van der Waals surface area contributed by atoms with Gasteiger partial charge in [0.15, 0.2) is 0 Å². The minimum Gasteiger partial charge on any atom is -0.325 e. The first-order valence-electron chi connectivity index (χ1n) is 7.54. The molecule has 2 N–H and O–H groups in total. The van der Waals surface area contributed by atoms with Gasteiger partial charge in [0.2, 0.25) is 5.91 Å². The summed E-state index contributed by atoms with van der Waals surface area (Å²) in [5.41, 5.74) is 2.51. The van der Waals surface area contributed by atoms with Crippen LogP contribution in [0, 0.1) is 12.3 Å². The minimum absolute atomic E-state index is 0.0421. The van der Waals surface area contributed by atoms with Gasteiger partial charge in [0.05, 0.1) is 6.54 Å². The molecule has 1 aromatic rings. The number of rotatable bonds is 4. The van der Waals surface area contributed by atoms with E-state index in [0.29, 0.717) is 18.0 Å². The monoisotopic (exact) mass is 274 g/mol. The second-order valence-corrected chi connectivity index (χ2v) is 6.74. The van der Waals surface area contributed by atoms with E-state index in [1.165, 1.54) is 25.7 Å². The van der Waals surface area contributed by atoms with E-state index in [9.17, 15) is 4.79 Å². The molecule has 0 spiro atoms. The van der Waals surface area contributed by atoms with Crippen molar-refractivity contribution in [3.05, 3.63) is 29.8 Å². The number of carbonyl (C=O) groups is 1. The summed E-state index contributed by atoms with van der Waals surface area (Å²) >= 11 is 0. The minimum atomic E-state index is 0.0421. The number of aryl methyl sites for hydroxylation is 1. The lowest BCUT2D eigenvalue weighted by Gasteiger charge is -2.34. The lowest BCUT2D eigenvalue weighted by atomic mass is 9.75. The summed E-state index contributed by atoms with van der Waals surface area (Å²) in [6.07, 6.45) is 4.82. The average molecular weight is 274 g/mol. The highest BCUT2D eigenvalue weighted by Gasteiger charge is 2.26. The van der Waals surface area contributed by atoms with Gasteiger partial charge in [0.25, 0.3) is 0 Å². The SMILES string of the molecule is Cc1cccc(NC(=O)CNC2CCC(C)(C)CC2)c1. The first kappa shape index (κ1) is 15.0. The molecule has 3 nitrogen and oxygen atoms in total. The predicted octanol–water partition coefficient (Wildman–Crippen LogP) is 3.49. The summed E-state index contributed by atoms with van der Waals surface area (Å²) in [4.78, 5) is 11.9. The Kier molecular flexibility index (Phi) is 4.81. The summed E-state index contributed by atoms with van der Waals surface area (Å²) in [5, 5.41) is 6.32. The van der Waals surface area contributed by atoms with Gasteiger partial charge in [-0.05, 0) is 55.7 Å². The van der Waals surface area contributed by atoms with Crippen LogP contribution in [-0.2, 0) is 4.79 Å². The second-order valence-electron chi connectivity index (χ2n) is 6.74. The molecule has 0 unspecified atom stereocenters. The highest BCUT2D eigenvalue weighted by atomic mass is 16.1. The lowest BCUT2D eigenvalue weighted by molar-refractivity contribution is -0.115. The molecule has 3 heteroatoms. The zero-order valence-electron chi connectivity index (χ0n) is 12.8. The Bertz CT molecular complexity index is 458. The Morgan fingerprint density at radius 3 is 2.65 bits per heavy atom. The van der Waals surface area contributed by atoms with E-state index in [-0.39, 0.29) is 5.91 Å². The molecular formula is C17H26N2O. The Balaban J connectivity index is 1.73. The van der Waals surface area contributed by atoms with Gasteiger partial charge in [0, 0.05) is 11.7 Å². The topological polar surface area (TPSA) is 41.1 Å². The molecule has 0 aliphatic heterocycles. The Labute approximate surface area is 122 Å². The van der Waals surface area contributed by atoms with E-state index >= 15 is 0 Å². The standard InChI is InChI=1S/C17H26N2O/c1-13-5-4-6-15(11-13)19-16(20)12-18-14-7-9-17(2,3)10-8-14/h4-6,11,14,18H,7-10,12H2,1-3H3,(H,19,20). The molecule has 2 rings (SSSR count). The van der Waals surface area contributed by atoms with E-state index in [4.69, 9.17) is 0 Å². The molecule has 1 aromatic carbocycles. The van der Waals surface area contributed by atoms with Gasteiger partial charge in [-0.2, -0.15) is 0 Å². The van der Waals surface area contributed by atoms with Crippen molar-refractivity contribution in [1.29, 1.82) is 0 Å². The van der Waals surface area contributed by atoms with Gasteiger partial charge >= 0.3 is 0 Å². The summed E-state index contributed by atoms with van der Waals surface area (Å²) < 4.78 is 0. The summed E-state index contributed by atoms with van der Waals surface area (Å²) in [5.74, 6) is 0.0421. The van der Waals surface area contributed by atoms with Crippen LogP contribution in [0.2, 0.25) is 0 Å². The Hall–Kier alpha value is -1.35. The van der Waals surface area contributed by atoms with Gasteiger partial charge in [0.1, 0.15) is 0 Å². The smallest absolute Gasteiger partial charge is 0.238 e. The average Bonchev–Trinajstić information content (AvgIpc) is 2.37. The van der Waals surface area contributed by atoms with Crippen molar-refractivity contribution in [2.45, 2.75) is 52.5 Å². The quantitative estimate of drug-likeness (QED) is 0.882. The van der Waals surface area contributed by atoms with Crippen molar-refractivity contribution >= 4 is 11.6 Å². The molecule has 1 amide bonds.